The minimum Gasteiger partial charge on any atom is -0.495 e. The van der Waals surface area contributed by atoms with Gasteiger partial charge in [0.05, 0.1) is 19.8 Å². The molecule has 0 aliphatic rings. The summed E-state index contributed by atoms with van der Waals surface area (Å²) in [6.07, 6.45) is 0. The number of hydrogen-bond acceptors (Lipinski definition) is 4. The van der Waals surface area contributed by atoms with Crippen molar-refractivity contribution >= 4 is 0 Å². The molecule has 0 fully saturated rings. The lowest BCUT2D eigenvalue weighted by Gasteiger charge is -2.12. The molecule has 0 aliphatic heterocycles. The Kier molecular flexibility index (Phi) is 3.22. The Hall–Kier alpha value is -1.13. The van der Waals surface area contributed by atoms with E-state index >= 15 is 0 Å². The highest BCUT2D eigenvalue weighted by Crippen LogP contribution is 2.21. The van der Waals surface area contributed by atoms with Crippen LogP contribution in [0.15, 0.2) is 12.1 Å². The summed E-state index contributed by atoms with van der Waals surface area (Å²) in [6, 6.07) is 3.16. The summed E-state index contributed by atoms with van der Waals surface area (Å²) in [4.78, 5) is 4.20. The lowest BCUT2D eigenvalue weighted by molar-refractivity contribution is 0.262. The molecular formula is C9H14N2O2. The Morgan fingerprint density at radius 2 is 2.31 bits per heavy atom. The Bertz CT molecular complexity index is 289. The van der Waals surface area contributed by atoms with Crippen LogP contribution in [0.1, 0.15) is 17.4 Å². The van der Waals surface area contributed by atoms with E-state index in [1.54, 1.807) is 13.2 Å². The fraction of sp³-hybridized carbons (Fsp3) is 0.444. The van der Waals surface area contributed by atoms with E-state index in [-0.39, 0.29) is 6.61 Å². The highest BCUT2D eigenvalue weighted by atomic mass is 16.5. The lowest BCUT2D eigenvalue weighted by atomic mass is 10.2. The van der Waals surface area contributed by atoms with Crippen molar-refractivity contribution in [2.45, 2.75) is 13.0 Å². The van der Waals surface area contributed by atoms with Gasteiger partial charge in [0.2, 0.25) is 0 Å². The Morgan fingerprint density at radius 3 is 2.85 bits per heavy atom. The Balaban J connectivity index is 3.07. The maximum atomic E-state index is 8.88. The van der Waals surface area contributed by atoms with Gasteiger partial charge in [-0.1, -0.05) is 0 Å². The summed E-state index contributed by atoms with van der Waals surface area (Å²) in [5.74, 6) is 0.618. The number of methoxy groups -OCH3 is 1. The van der Waals surface area contributed by atoms with Crippen LogP contribution in [0.5, 0.6) is 5.75 Å². The van der Waals surface area contributed by atoms with E-state index in [9.17, 15) is 0 Å². The van der Waals surface area contributed by atoms with E-state index < -0.39 is 6.04 Å². The van der Waals surface area contributed by atoms with Crippen LogP contribution in [0.2, 0.25) is 0 Å². The first-order valence-corrected chi connectivity index (χ1v) is 4.07. The molecule has 1 heterocycles. The van der Waals surface area contributed by atoms with E-state index in [1.807, 2.05) is 13.0 Å². The molecule has 0 spiro atoms. The highest BCUT2D eigenvalue weighted by molar-refractivity contribution is 5.31. The molecule has 3 N–H and O–H groups in total. The topological polar surface area (TPSA) is 68.4 Å². The van der Waals surface area contributed by atoms with Crippen LogP contribution in [0.4, 0.5) is 0 Å². The van der Waals surface area contributed by atoms with E-state index in [0.29, 0.717) is 11.4 Å². The molecule has 1 unspecified atom stereocenters. The molecule has 0 aromatic carbocycles. The number of aliphatic hydroxyl groups is 1. The summed E-state index contributed by atoms with van der Waals surface area (Å²) < 4.78 is 5.07. The number of rotatable bonds is 3. The average Bonchev–Trinajstić information content (AvgIpc) is 2.16. The third kappa shape index (κ3) is 2.17. The third-order valence-electron chi connectivity index (χ3n) is 1.79. The van der Waals surface area contributed by atoms with E-state index in [1.165, 1.54) is 0 Å². The molecule has 4 heteroatoms. The maximum absolute atomic E-state index is 8.88. The molecule has 0 saturated carbocycles. The van der Waals surface area contributed by atoms with Gasteiger partial charge < -0.3 is 15.6 Å². The van der Waals surface area contributed by atoms with Gasteiger partial charge in [-0.15, -0.1) is 0 Å². The molecule has 0 saturated heterocycles. The molecule has 1 aromatic heterocycles. The second kappa shape index (κ2) is 4.20. The summed E-state index contributed by atoms with van der Waals surface area (Å²) in [7, 11) is 1.56. The molecule has 0 bridgehead atoms. The zero-order valence-corrected chi connectivity index (χ0v) is 7.82. The smallest absolute Gasteiger partial charge is 0.142 e. The van der Waals surface area contributed by atoms with Crippen molar-refractivity contribution in [1.82, 2.24) is 4.98 Å². The number of nitrogens with two attached hydrogens (primary N) is 1. The van der Waals surface area contributed by atoms with E-state index in [2.05, 4.69) is 4.98 Å². The molecule has 1 rings (SSSR count). The van der Waals surface area contributed by atoms with E-state index in [4.69, 9.17) is 15.6 Å². The van der Waals surface area contributed by atoms with Crippen LogP contribution in [0.25, 0.3) is 0 Å². The van der Waals surface area contributed by atoms with Gasteiger partial charge in [-0.05, 0) is 19.1 Å². The highest BCUT2D eigenvalue weighted by Gasteiger charge is 2.12. The lowest BCUT2D eigenvalue weighted by Crippen LogP contribution is -2.17. The Labute approximate surface area is 77.4 Å². The molecule has 0 aliphatic carbocycles. The predicted octanol–water partition coefficient (Wildman–Crippen LogP) is 0.391. The Morgan fingerprint density at radius 1 is 1.62 bits per heavy atom. The van der Waals surface area contributed by atoms with Crippen LogP contribution in [0, 0.1) is 6.92 Å². The molecule has 0 radical (unpaired) electrons. The molecule has 0 amide bonds. The first-order valence-electron chi connectivity index (χ1n) is 4.07. The van der Waals surface area contributed by atoms with Gasteiger partial charge in [0.25, 0.3) is 0 Å². The second-order valence-electron chi connectivity index (χ2n) is 2.83. The van der Waals surface area contributed by atoms with Crippen LogP contribution in [-0.2, 0) is 0 Å². The van der Waals surface area contributed by atoms with Crippen LogP contribution in [-0.4, -0.2) is 23.8 Å². The number of aromatic nitrogens is 1. The number of nitrogens with zero attached hydrogens (tertiary/aromatic N) is 1. The number of ether oxygens (including phenoxy) is 1. The maximum Gasteiger partial charge on any atom is 0.142 e. The van der Waals surface area contributed by atoms with Crippen molar-refractivity contribution in [2.24, 2.45) is 5.73 Å². The summed E-state index contributed by atoms with van der Waals surface area (Å²) in [5.41, 5.74) is 7.11. The quantitative estimate of drug-likeness (QED) is 0.709. The van der Waals surface area contributed by atoms with Crippen molar-refractivity contribution in [3.63, 3.8) is 0 Å². The molecule has 1 atom stereocenters. The van der Waals surface area contributed by atoms with Gasteiger partial charge in [0, 0.05) is 5.69 Å². The number of pyridine rings is 1. The second-order valence-corrected chi connectivity index (χ2v) is 2.83. The van der Waals surface area contributed by atoms with Crippen molar-refractivity contribution in [3.8, 4) is 5.75 Å². The summed E-state index contributed by atoms with van der Waals surface area (Å²) in [6.45, 7) is 1.74. The van der Waals surface area contributed by atoms with Crippen molar-refractivity contribution in [1.29, 1.82) is 0 Å². The normalized spacial score (nSPS) is 12.6. The fourth-order valence-corrected chi connectivity index (χ4v) is 1.09. The first-order chi connectivity index (χ1) is 6.19. The number of hydrogen-bond donors (Lipinski definition) is 2. The summed E-state index contributed by atoms with van der Waals surface area (Å²) >= 11 is 0. The largest absolute Gasteiger partial charge is 0.495 e. The average molecular weight is 182 g/mol. The standard InChI is InChI=1S/C9H14N2O2/c1-6-3-4-8(13-2)9(11-6)7(10)5-12/h3-4,7,12H,5,10H2,1-2H3. The molecule has 1 aromatic rings. The minimum atomic E-state index is -0.477. The van der Waals surface area contributed by atoms with Gasteiger partial charge in [-0.3, -0.25) is 4.98 Å². The first kappa shape index (κ1) is 9.95. The number of aryl methyl sites for hydroxylation is 1. The zero-order chi connectivity index (χ0) is 9.84. The van der Waals surface area contributed by atoms with Gasteiger partial charge in [-0.2, -0.15) is 0 Å². The molecular weight excluding hydrogens is 168 g/mol. The minimum absolute atomic E-state index is 0.132. The van der Waals surface area contributed by atoms with Gasteiger partial charge in [-0.25, -0.2) is 0 Å². The monoisotopic (exact) mass is 182 g/mol. The third-order valence-corrected chi connectivity index (χ3v) is 1.79. The van der Waals surface area contributed by atoms with Gasteiger partial charge in [0.15, 0.2) is 0 Å². The van der Waals surface area contributed by atoms with Crippen molar-refractivity contribution in [2.75, 3.05) is 13.7 Å². The predicted molar refractivity (Wildman–Crippen MR) is 49.5 cm³/mol. The van der Waals surface area contributed by atoms with Crippen LogP contribution >= 0.6 is 0 Å². The van der Waals surface area contributed by atoms with Crippen molar-refractivity contribution < 1.29 is 9.84 Å². The fourth-order valence-electron chi connectivity index (χ4n) is 1.09. The molecule has 72 valence electrons. The van der Waals surface area contributed by atoms with Gasteiger partial charge >= 0.3 is 0 Å². The SMILES string of the molecule is COc1ccc(C)nc1C(N)CO. The van der Waals surface area contributed by atoms with E-state index in [0.717, 1.165) is 5.69 Å². The summed E-state index contributed by atoms with van der Waals surface area (Å²) in [5, 5.41) is 8.88. The van der Waals surface area contributed by atoms with Crippen LogP contribution in [0.3, 0.4) is 0 Å². The number of aliphatic hydroxyl groups excluding tert-OH is 1. The van der Waals surface area contributed by atoms with Gasteiger partial charge in [0.1, 0.15) is 11.4 Å². The molecule has 4 nitrogen and oxygen atoms in total. The zero-order valence-electron chi connectivity index (χ0n) is 7.82. The van der Waals surface area contributed by atoms with Crippen LogP contribution < -0.4 is 10.5 Å². The molecule has 13 heavy (non-hydrogen) atoms. The van der Waals surface area contributed by atoms with Crippen molar-refractivity contribution in [3.05, 3.63) is 23.5 Å².